The summed E-state index contributed by atoms with van der Waals surface area (Å²) in [6.07, 6.45) is 2.27. The van der Waals surface area contributed by atoms with E-state index in [9.17, 15) is 4.79 Å². The van der Waals surface area contributed by atoms with Crippen LogP contribution in [-0.4, -0.2) is 37.0 Å². The Labute approximate surface area is 130 Å². The summed E-state index contributed by atoms with van der Waals surface area (Å²) in [7, 11) is 2.15. The predicted octanol–water partition coefficient (Wildman–Crippen LogP) is 2.62. The average Bonchev–Trinajstić information content (AvgIpc) is 3.11. The molecule has 2 unspecified atom stereocenters. The second kappa shape index (κ2) is 6.28. The lowest BCUT2D eigenvalue weighted by Gasteiger charge is -2.26. The van der Waals surface area contributed by atoms with E-state index in [4.69, 9.17) is 0 Å². The minimum absolute atomic E-state index is 0.0645. The van der Waals surface area contributed by atoms with Gasteiger partial charge in [-0.3, -0.25) is 4.79 Å². The smallest absolute Gasteiger partial charge is 0.246 e. The van der Waals surface area contributed by atoms with Crippen LogP contribution in [0.4, 0.5) is 11.4 Å². The van der Waals surface area contributed by atoms with E-state index in [1.54, 1.807) is 0 Å². The van der Waals surface area contributed by atoms with Crippen molar-refractivity contribution in [3.05, 3.63) is 23.8 Å². The zero-order valence-corrected chi connectivity index (χ0v) is 13.5. The number of hydrogen-bond donors (Lipinski definition) is 2. The number of nitrogens with zero attached hydrogens (tertiary/aromatic N) is 1. The summed E-state index contributed by atoms with van der Waals surface area (Å²) in [5.41, 5.74) is 3.23. The van der Waals surface area contributed by atoms with Crippen LogP contribution in [-0.2, 0) is 4.79 Å². The van der Waals surface area contributed by atoms with Gasteiger partial charge in [0.15, 0.2) is 0 Å². The number of carbonyl (C=O) groups excluding carboxylic acids is 1. The number of hydrogen-bond acceptors (Lipinski definition) is 4. The molecule has 0 saturated carbocycles. The van der Waals surface area contributed by atoms with E-state index in [1.807, 2.05) is 11.8 Å². The van der Waals surface area contributed by atoms with Crippen LogP contribution in [0.5, 0.6) is 0 Å². The number of fused-ring (bicyclic) bond motifs is 1. The van der Waals surface area contributed by atoms with Crippen LogP contribution < -0.4 is 15.5 Å². The van der Waals surface area contributed by atoms with E-state index in [0.29, 0.717) is 6.04 Å². The molecule has 0 spiro atoms. The number of anilines is 2. The molecule has 3 rings (SSSR count). The quantitative estimate of drug-likeness (QED) is 0.878. The van der Waals surface area contributed by atoms with Crippen LogP contribution in [0.25, 0.3) is 0 Å². The van der Waals surface area contributed by atoms with Crippen molar-refractivity contribution < 1.29 is 4.79 Å². The highest BCUT2D eigenvalue weighted by molar-refractivity contribution is 7.99. The first-order valence-electron chi connectivity index (χ1n) is 7.69. The standard InChI is InChI=1S/C16H23N3OS/c1-3-7-17-15-13-5-4-11(9-14(13)18-16(15)20)19(2)12-6-8-21-10-12/h4-5,9,12,15,17H,3,6-8,10H2,1-2H3,(H,18,20). The average molecular weight is 305 g/mol. The fourth-order valence-corrected chi connectivity index (χ4v) is 4.27. The molecule has 2 heterocycles. The zero-order chi connectivity index (χ0) is 14.8. The number of benzene rings is 1. The van der Waals surface area contributed by atoms with Crippen molar-refractivity contribution in [2.75, 3.05) is 35.3 Å². The van der Waals surface area contributed by atoms with Crippen molar-refractivity contribution in [2.24, 2.45) is 0 Å². The number of nitrogens with one attached hydrogen (secondary N) is 2. The van der Waals surface area contributed by atoms with Crippen molar-refractivity contribution in [1.29, 1.82) is 0 Å². The van der Waals surface area contributed by atoms with Crippen molar-refractivity contribution >= 4 is 29.0 Å². The summed E-state index contributed by atoms with van der Waals surface area (Å²) in [6, 6.07) is 6.77. The first-order valence-corrected chi connectivity index (χ1v) is 8.85. The first kappa shape index (κ1) is 14.7. The third-order valence-electron chi connectivity index (χ3n) is 4.33. The Morgan fingerprint density at radius 1 is 1.48 bits per heavy atom. The maximum Gasteiger partial charge on any atom is 0.246 e. The molecule has 21 heavy (non-hydrogen) atoms. The summed E-state index contributed by atoms with van der Waals surface area (Å²) in [5.74, 6) is 2.51. The molecular formula is C16H23N3OS. The van der Waals surface area contributed by atoms with Gasteiger partial charge in [-0.2, -0.15) is 11.8 Å². The van der Waals surface area contributed by atoms with Crippen LogP contribution in [0.2, 0.25) is 0 Å². The van der Waals surface area contributed by atoms with Gasteiger partial charge in [0.25, 0.3) is 0 Å². The molecule has 0 aliphatic carbocycles. The summed E-state index contributed by atoms with van der Waals surface area (Å²) in [6.45, 7) is 2.97. The Morgan fingerprint density at radius 2 is 2.33 bits per heavy atom. The molecule has 114 valence electrons. The summed E-state index contributed by atoms with van der Waals surface area (Å²) >= 11 is 2.02. The van der Waals surface area contributed by atoms with Gasteiger partial charge in [-0.25, -0.2) is 0 Å². The first-order chi connectivity index (χ1) is 10.2. The van der Waals surface area contributed by atoms with Crippen molar-refractivity contribution in [2.45, 2.75) is 31.8 Å². The van der Waals surface area contributed by atoms with Gasteiger partial charge < -0.3 is 15.5 Å². The summed E-state index contributed by atoms with van der Waals surface area (Å²) < 4.78 is 0. The summed E-state index contributed by atoms with van der Waals surface area (Å²) in [5, 5.41) is 6.32. The molecule has 0 radical (unpaired) electrons. The normalized spacial score (nSPS) is 24.0. The van der Waals surface area contributed by atoms with E-state index in [-0.39, 0.29) is 11.9 Å². The maximum absolute atomic E-state index is 12.1. The third-order valence-corrected chi connectivity index (χ3v) is 5.47. The Bertz CT molecular complexity index is 528. The number of thioether (sulfide) groups is 1. The van der Waals surface area contributed by atoms with Crippen LogP contribution in [0.3, 0.4) is 0 Å². The fourth-order valence-electron chi connectivity index (χ4n) is 3.00. The minimum Gasteiger partial charge on any atom is -0.371 e. The van der Waals surface area contributed by atoms with Gasteiger partial charge in [0, 0.05) is 35.8 Å². The lowest BCUT2D eigenvalue weighted by molar-refractivity contribution is -0.117. The lowest BCUT2D eigenvalue weighted by atomic mass is 10.1. The number of rotatable bonds is 5. The van der Waals surface area contributed by atoms with Crippen LogP contribution in [0.15, 0.2) is 18.2 Å². The molecule has 2 N–H and O–H groups in total. The van der Waals surface area contributed by atoms with Crippen molar-refractivity contribution in [3.8, 4) is 0 Å². The van der Waals surface area contributed by atoms with Gasteiger partial charge in [0.1, 0.15) is 6.04 Å². The molecule has 2 aliphatic rings. The highest BCUT2D eigenvalue weighted by Gasteiger charge is 2.30. The van der Waals surface area contributed by atoms with E-state index in [0.717, 1.165) is 24.2 Å². The SMILES string of the molecule is CCCNC1C(=O)Nc2cc(N(C)C3CCSC3)ccc21. The van der Waals surface area contributed by atoms with E-state index in [2.05, 4.69) is 47.7 Å². The fraction of sp³-hybridized carbons (Fsp3) is 0.562. The van der Waals surface area contributed by atoms with Gasteiger partial charge in [-0.1, -0.05) is 13.0 Å². The minimum atomic E-state index is -0.193. The largest absolute Gasteiger partial charge is 0.371 e. The Balaban J connectivity index is 1.79. The summed E-state index contributed by atoms with van der Waals surface area (Å²) in [4.78, 5) is 14.4. The molecule has 1 saturated heterocycles. The van der Waals surface area contributed by atoms with E-state index in [1.165, 1.54) is 23.6 Å². The topological polar surface area (TPSA) is 44.4 Å². The molecule has 1 aromatic carbocycles. The van der Waals surface area contributed by atoms with Crippen molar-refractivity contribution in [1.82, 2.24) is 5.32 Å². The van der Waals surface area contributed by atoms with Gasteiger partial charge >= 0.3 is 0 Å². The van der Waals surface area contributed by atoms with E-state index < -0.39 is 0 Å². The Hall–Kier alpha value is -1.20. The van der Waals surface area contributed by atoms with Crippen LogP contribution in [0.1, 0.15) is 31.4 Å². The van der Waals surface area contributed by atoms with Gasteiger partial charge in [-0.05, 0) is 37.3 Å². The highest BCUT2D eigenvalue weighted by Crippen LogP contribution is 2.35. The number of carbonyl (C=O) groups is 1. The molecule has 5 heteroatoms. The molecule has 2 aliphatic heterocycles. The molecule has 2 atom stereocenters. The molecule has 0 aromatic heterocycles. The predicted molar refractivity (Wildman–Crippen MR) is 90.2 cm³/mol. The zero-order valence-electron chi connectivity index (χ0n) is 12.7. The van der Waals surface area contributed by atoms with Gasteiger partial charge in [0.05, 0.1) is 0 Å². The molecule has 4 nitrogen and oxygen atoms in total. The molecule has 1 aromatic rings. The Morgan fingerprint density at radius 3 is 3.05 bits per heavy atom. The maximum atomic E-state index is 12.1. The van der Waals surface area contributed by atoms with Gasteiger partial charge in [-0.15, -0.1) is 0 Å². The third kappa shape index (κ3) is 2.90. The second-order valence-electron chi connectivity index (χ2n) is 5.78. The monoisotopic (exact) mass is 305 g/mol. The molecular weight excluding hydrogens is 282 g/mol. The Kier molecular flexibility index (Phi) is 4.40. The van der Waals surface area contributed by atoms with Crippen LogP contribution >= 0.6 is 11.8 Å². The van der Waals surface area contributed by atoms with Crippen molar-refractivity contribution in [3.63, 3.8) is 0 Å². The van der Waals surface area contributed by atoms with Crippen LogP contribution in [0, 0.1) is 0 Å². The molecule has 1 amide bonds. The molecule has 1 fully saturated rings. The van der Waals surface area contributed by atoms with E-state index >= 15 is 0 Å². The molecule has 0 bridgehead atoms. The van der Waals surface area contributed by atoms with Gasteiger partial charge in [0.2, 0.25) is 5.91 Å². The lowest BCUT2D eigenvalue weighted by Crippen LogP contribution is -2.31. The highest BCUT2D eigenvalue weighted by atomic mass is 32.2. The second-order valence-corrected chi connectivity index (χ2v) is 6.93. The number of amides is 1.